The fraction of sp³-hybridized carbons (Fsp3) is 0.167. The number of hydrogen-bond acceptors (Lipinski definition) is 3. The predicted octanol–water partition coefficient (Wildman–Crippen LogP) is 3.49. The van der Waals surface area contributed by atoms with Crippen LogP contribution in [0.4, 0.5) is 0 Å². The van der Waals surface area contributed by atoms with Gasteiger partial charge >= 0.3 is 0 Å². The number of aromatic nitrogens is 2. The van der Waals surface area contributed by atoms with Gasteiger partial charge in [-0.05, 0) is 12.1 Å². The van der Waals surface area contributed by atoms with Crippen molar-refractivity contribution in [2.75, 3.05) is 0 Å². The van der Waals surface area contributed by atoms with Gasteiger partial charge in [-0.2, -0.15) is 11.8 Å². The molecule has 92 valence electrons. The molecule has 1 aliphatic heterocycles. The van der Waals surface area contributed by atoms with E-state index in [9.17, 15) is 4.79 Å². The second kappa shape index (κ2) is 4.61. The number of H-pyrrole nitrogens is 1. The quantitative estimate of drug-likeness (QED) is 0.876. The van der Waals surface area contributed by atoms with Crippen LogP contribution in [-0.2, 0) is 11.5 Å². The molecule has 0 unspecified atom stereocenters. The summed E-state index contributed by atoms with van der Waals surface area (Å²) in [5.41, 5.74) is 2.17. The topological polar surface area (TPSA) is 45.8 Å². The van der Waals surface area contributed by atoms with Gasteiger partial charge in [0, 0.05) is 22.6 Å². The van der Waals surface area contributed by atoms with Crippen LogP contribution in [0.3, 0.4) is 0 Å². The largest absolute Gasteiger partial charge is 0.306 e. The molecule has 2 aromatic rings. The minimum absolute atomic E-state index is 0.0870. The minimum Gasteiger partial charge on any atom is -0.306 e. The number of hydrogen-bond donors (Lipinski definition) is 1. The van der Waals surface area contributed by atoms with Crippen molar-refractivity contribution in [2.24, 2.45) is 0 Å². The third kappa shape index (κ3) is 1.94. The zero-order chi connectivity index (χ0) is 12.7. The summed E-state index contributed by atoms with van der Waals surface area (Å²) in [5.74, 6) is 1.97. The number of nitrogens with one attached hydrogen (secondary N) is 1. The van der Waals surface area contributed by atoms with Crippen LogP contribution in [0.2, 0.25) is 10.0 Å². The summed E-state index contributed by atoms with van der Waals surface area (Å²) in [6, 6.07) is 5.28. The zero-order valence-corrected chi connectivity index (χ0v) is 11.5. The summed E-state index contributed by atoms with van der Waals surface area (Å²) in [7, 11) is 0. The second-order valence-electron chi connectivity index (χ2n) is 3.93. The first-order chi connectivity index (χ1) is 8.66. The molecule has 0 saturated heterocycles. The maximum absolute atomic E-state index is 11.9. The van der Waals surface area contributed by atoms with E-state index in [2.05, 4.69) is 9.97 Å². The normalized spacial score (nSPS) is 13.7. The van der Waals surface area contributed by atoms with Crippen molar-refractivity contribution >= 4 is 35.0 Å². The molecule has 0 bridgehead atoms. The maximum atomic E-state index is 11.9. The zero-order valence-electron chi connectivity index (χ0n) is 9.17. The van der Waals surface area contributed by atoms with E-state index in [4.69, 9.17) is 23.2 Å². The third-order valence-corrected chi connectivity index (χ3v) is 4.58. The van der Waals surface area contributed by atoms with E-state index in [0.717, 1.165) is 22.8 Å². The van der Waals surface area contributed by atoms with Crippen molar-refractivity contribution in [3.63, 3.8) is 0 Å². The van der Waals surface area contributed by atoms with E-state index in [1.807, 2.05) is 0 Å². The van der Waals surface area contributed by atoms with Crippen molar-refractivity contribution in [1.82, 2.24) is 9.97 Å². The molecule has 0 spiro atoms. The number of aromatic amines is 1. The van der Waals surface area contributed by atoms with Gasteiger partial charge in [-0.25, -0.2) is 4.98 Å². The molecular formula is C12H8Cl2N2OS. The lowest BCUT2D eigenvalue weighted by Gasteiger charge is -2.06. The summed E-state index contributed by atoms with van der Waals surface area (Å²) < 4.78 is 0. The second-order valence-corrected chi connectivity index (χ2v) is 5.70. The number of halogens is 2. The molecule has 1 aliphatic rings. The SMILES string of the molecule is O=c1[nH]c(-c2cccc(Cl)c2Cl)nc2c1CSC2. The van der Waals surface area contributed by atoms with Crippen LogP contribution in [0.5, 0.6) is 0 Å². The summed E-state index contributed by atoms with van der Waals surface area (Å²) in [5, 5.41) is 0.861. The highest BCUT2D eigenvalue weighted by molar-refractivity contribution is 7.98. The van der Waals surface area contributed by atoms with E-state index in [-0.39, 0.29) is 5.56 Å². The smallest absolute Gasteiger partial charge is 0.255 e. The summed E-state index contributed by atoms with van der Waals surface area (Å²) in [6.45, 7) is 0. The molecule has 3 rings (SSSR count). The Labute approximate surface area is 118 Å². The molecule has 6 heteroatoms. The lowest BCUT2D eigenvalue weighted by atomic mass is 10.2. The van der Waals surface area contributed by atoms with Gasteiger partial charge in [0.1, 0.15) is 5.82 Å². The first-order valence-electron chi connectivity index (χ1n) is 5.31. The first kappa shape index (κ1) is 12.1. The molecule has 0 radical (unpaired) electrons. The van der Waals surface area contributed by atoms with Crippen LogP contribution in [0.1, 0.15) is 11.3 Å². The standard InChI is InChI=1S/C12H8Cl2N2OS/c13-8-3-1-2-6(10(8)14)11-15-9-5-18-4-7(9)12(17)16-11/h1-3H,4-5H2,(H,15,16,17). The lowest BCUT2D eigenvalue weighted by molar-refractivity contribution is 1.03. The Morgan fingerprint density at radius 2 is 2.11 bits per heavy atom. The van der Waals surface area contributed by atoms with Crippen molar-refractivity contribution in [1.29, 1.82) is 0 Å². The van der Waals surface area contributed by atoms with Crippen molar-refractivity contribution in [3.8, 4) is 11.4 Å². The summed E-state index contributed by atoms with van der Waals surface area (Å²) in [4.78, 5) is 19.2. The van der Waals surface area contributed by atoms with Gasteiger partial charge in [-0.1, -0.05) is 29.3 Å². The Morgan fingerprint density at radius 1 is 1.28 bits per heavy atom. The van der Waals surface area contributed by atoms with Gasteiger partial charge in [0.05, 0.1) is 15.7 Å². The van der Waals surface area contributed by atoms with Crippen LogP contribution >= 0.6 is 35.0 Å². The first-order valence-corrected chi connectivity index (χ1v) is 7.22. The van der Waals surface area contributed by atoms with Gasteiger partial charge in [-0.3, -0.25) is 4.79 Å². The number of rotatable bonds is 1. The van der Waals surface area contributed by atoms with Gasteiger partial charge in [0.25, 0.3) is 5.56 Å². The number of thioether (sulfide) groups is 1. The Bertz CT molecular complexity index is 684. The van der Waals surface area contributed by atoms with Gasteiger partial charge < -0.3 is 4.98 Å². The molecule has 3 nitrogen and oxygen atoms in total. The Balaban J connectivity index is 2.21. The average molecular weight is 299 g/mol. The van der Waals surface area contributed by atoms with Crippen LogP contribution in [0.15, 0.2) is 23.0 Å². The van der Waals surface area contributed by atoms with Crippen LogP contribution in [-0.4, -0.2) is 9.97 Å². The molecule has 0 fully saturated rings. The van der Waals surface area contributed by atoms with E-state index in [1.54, 1.807) is 30.0 Å². The summed E-state index contributed by atoms with van der Waals surface area (Å²) in [6.07, 6.45) is 0. The Hall–Kier alpha value is -0.970. The number of nitrogens with zero attached hydrogens (tertiary/aromatic N) is 1. The number of benzene rings is 1. The molecule has 2 heterocycles. The highest BCUT2D eigenvalue weighted by atomic mass is 35.5. The fourth-order valence-corrected chi connectivity index (χ4v) is 3.30. The van der Waals surface area contributed by atoms with Crippen LogP contribution < -0.4 is 5.56 Å². The van der Waals surface area contributed by atoms with Crippen molar-refractivity contribution < 1.29 is 0 Å². The highest BCUT2D eigenvalue weighted by Gasteiger charge is 2.19. The minimum atomic E-state index is -0.0870. The highest BCUT2D eigenvalue weighted by Crippen LogP contribution is 2.33. The van der Waals surface area contributed by atoms with E-state index in [1.165, 1.54) is 0 Å². The molecule has 0 aliphatic carbocycles. The maximum Gasteiger partial charge on any atom is 0.255 e. The number of fused-ring (bicyclic) bond motifs is 1. The predicted molar refractivity (Wildman–Crippen MR) is 75.3 cm³/mol. The molecule has 1 aromatic heterocycles. The van der Waals surface area contributed by atoms with Crippen LogP contribution in [0, 0.1) is 0 Å². The molecule has 1 aromatic carbocycles. The fourth-order valence-electron chi connectivity index (χ4n) is 1.88. The molecule has 0 atom stereocenters. The monoisotopic (exact) mass is 298 g/mol. The molecule has 0 saturated carbocycles. The Morgan fingerprint density at radius 3 is 2.94 bits per heavy atom. The van der Waals surface area contributed by atoms with E-state index in [0.29, 0.717) is 21.4 Å². The van der Waals surface area contributed by atoms with Crippen molar-refractivity contribution in [2.45, 2.75) is 11.5 Å². The van der Waals surface area contributed by atoms with Gasteiger partial charge in [0.15, 0.2) is 0 Å². The molecule has 18 heavy (non-hydrogen) atoms. The van der Waals surface area contributed by atoms with Gasteiger partial charge in [0.2, 0.25) is 0 Å². The Kier molecular flexibility index (Phi) is 3.09. The lowest BCUT2D eigenvalue weighted by Crippen LogP contribution is -2.15. The molecular weight excluding hydrogens is 291 g/mol. The van der Waals surface area contributed by atoms with Gasteiger partial charge in [-0.15, -0.1) is 0 Å². The van der Waals surface area contributed by atoms with E-state index >= 15 is 0 Å². The van der Waals surface area contributed by atoms with E-state index < -0.39 is 0 Å². The average Bonchev–Trinajstić information content (AvgIpc) is 2.81. The summed E-state index contributed by atoms with van der Waals surface area (Å²) >= 11 is 13.8. The van der Waals surface area contributed by atoms with Crippen molar-refractivity contribution in [3.05, 3.63) is 49.9 Å². The van der Waals surface area contributed by atoms with Crippen LogP contribution in [0.25, 0.3) is 11.4 Å². The molecule has 0 amide bonds. The third-order valence-electron chi connectivity index (χ3n) is 2.79. The molecule has 1 N–H and O–H groups in total.